The zero-order valence-corrected chi connectivity index (χ0v) is 20.1. The maximum Gasteiger partial charge on any atom is 0.270 e. The van der Waals surface area contributed by atoms with Crippen molar-refractivity contribution in [2.45, 2.75) is 38.5 Å². The highest BCUT2D eigenvalue weighted by Crippen LogP contribution is 2.29. The third kappa shape index (κ3) is 5.16. The van der Waals surface area contributed by atoms with Crippen LogP contribution in [0.25, 0.3) is 0 Å². The van der Waals surface area contributed by atoms with Crippen molar-refractivity contribution in [3.05, 3.63) is 70.0 Å². The quantitative estimate of drug-likeness (QED) is 0.486. The van der Waals surface area contributed by atoms with Crippen LogP contribution in [0.15, 0.2) is 62.4 Å². The molecule has 0 fully saturated rings. The van der Waals surface area contributed by atoms with Crippen molar-refractivity contribution in [2.75, 3.05) is 16.2 Å². The Balaban J connectivity index is 1.97. The number of carbonyl (C=O) groups excluding carboxylic acids is 1. The third-order valence-corrected chi connectivity index (χ3v) is 7.33. The van der Waals surface area contributed by atoms with Crippen LogP contribution in [0.2, 0.25) is 0 Å². The number of sulfonamides is 1. The average Bonchev–Trinajstić information content (AvgIpc) is 3.06. The van der Waals surface area contributed by atoms with Gasteiger partial charge in [-0.3, -0.25) is 9.10 Å². The zero-order valence-electron chi connectivity index (χ0n) is 17.7. The minimum absolute atomic E-state index is 0.0307. The Hall–Kier alpha value is -2.65. The van der Waals surface area contributed by atoms with E-state index in [-0.39, 0.29) is 16.3 Å². The van der Waals surface area contributed by atoms with E-state index >= 15 is 0 Å². The van der Waals surface area contributed by atoms with Crippen LogP contribution >= 0.6 is 15.9 Å². The van der Waals surface area contributed by atoms with Gasteiger partial charge in [-0.25, -0.2) is 8.42 Å². The predicted octanol–water partition coefficient (Wildman–Crippen LogP) is 5.01. The summed E-state index contributed by atoms with van der Waals surface area (Å²) in [6.45, 7) is 6.81. The van der Waals surface area contributed by atoms with Gasteiger partial charge >= 0.3 is 0 Å². The second-order valence-electron chi connectivity index (χ2n) is 7.47. The number of amides is 1. The Morgan fingerprint density at radius 3 is 2.23 bits per heavy atom. The van der Waals surface area contributed by atoms with Crippen LogP contribution < -0.4 is 9.62 Å². The molecule has 0 unspecified atom stereocenters. The molecule has 0 aliphatic rings. The van der Waals surface area contributed by atoms with Crippen molar-refractivity contribution < 1.29 is 17.7 Å². The van der Waals surface area contributed by atoms with Gasteiger partial charge in [-0.2, -0.15) is 0 Å². The highest BCUT2D eigenvalue weighted by molar-refractivity contribution is 9.10. The molecule has 1 heterocycles. The molecule has 1 amide bonds. The fourth-order valence-electron chi connectivity index (χ4n) is 3.16. The maximum atomic E-state index is 13.5. The number of nitrogens with zero attached hydrogens (tertiary/aromatic N) is 2. The summed E-state index contributed by atoms with van der Waals surface area (Å²) < 4.78 is 34.1. The zero-order chi connectivity index (χ0) is 22.8. The Bertz CT molecular complexity index is 1150. The first-order valence-electron chi connectivity index (χ1n) is 9.70. The lowest BCUT2D eigenvalue weighted by Crippen LogP contribution is -2.38. The molecule has 0 aliphatic heterocycles. The van der Waals surface area contributed by atoms with E-state index in [0.717, 1.165) is 14.3 Å². The van der Waals surface area contributed by atoms with Gasteiger partial charge < -0.3 is 9.84 Å². The predicted molar refractivity (Wildman–Crippen MR) is 124 cm³/mol. The highest BCUT2D eigenvalue weighted by atomic mass is 79.9. The standard InChI is InChI=1S/C22H24BrN3O4S/c1-14(2)17-5-11-20(12-6-17)26(31(28,29)22-15(3)25-30-16(22)4)13-21(27)24-19-9-7-18(23)8-10-19/h5-12,14H,13H2,1-4H3,(H,24,27). The summed E-state index contributed by atoms with van der Waals surface area (Å²) in [5.74, 6) is 0.00239. The average molecular weight is 506 g/mol. The molecule has 2 aromatic carbocycles. The Labute approximate surface area is 190 Å². The van der Waals surface area contributed by atoms with Gasteiger partial charge in [-0.1, -0.05) is 47.1 Å². The van der Waals surface area contributed by atoms with Gasteiger partial charge in [0, 0.05) is 10.2 Å². The SMILES string of the molecule is Cc1noc(C)c1S(=O)(=O)N(CC(=O)Nc1ccc(Br)cc1)c1ccc(C(C)C)cc1. The van der Waals surface area contributed by atoms with Crippen LogP contribution in [0.1, 0.15) is 36.8 Å². The molecule has 0 bridgehead atoms. The van der Waals surface area contributed by atoms with Crippen molar-refractivity contribution in [1.82, 2.24) is 5.16 Å². The molecule has 0 saturated heterocycles. The van der Waals surface area contributed by atoms with E-state index in [1.165, 1.54) is 6.92 Å². The number of anilines is 2. The minimum Gasteiger partial charge on any atom is -0.360 e. The lowest BCUT2D eigenvalue weighted by atomic mass is 10.0. The van der Waals surface area contributed by atoms with E-state index in [0.29, 0.717) is 17.3 Å². The number of carbonyl (C=O) groups is 1. The minimum atomic E-state index is -4.09. The van der Waals surface area contributed by atoms with Gasteiger partial charge in [0.25, 0.3) is 10.0 Å². The van der Waals surface area contributed by atoms with Crippen molar-refractivity contribution >= 4 is 43.2 Å². The van der Waals surface area contributed by atoms with Gasteiger partial charge in [0.15, 0.2) is 10.7 Å². The lowest BCUT2D eigenvalue weighted by molar-refractivity contribution is -0.114. The van der Waals surface area contributed by atoms with E-state index in [1.807, 2.05) is 12.1 Å². The molecular weight excluding hydrogens is 482 g/mol. The summed E-state index contributed by atoms with van der Waals surface area (Å²) in [5.41, 5.74) is 2.26. The third-order valence-electron chi connectivity index (χ3n) is 4.78. The summed E-state index contributed by atoms with van der Waals surface area (Å²) >= 11 is 3.35. The normalized spacial score (nSPS) is 11.5. The maximum absolute atomic E-state index is 13.5. The molecule has 9 heteroatoms. The van der Waals surface area contributed by atoms with Crippen molar-refractivity contribution in [3.63, 3.8) is 0 Å². The molecular formula is C22H24BrN3O4S. The largest absolute Gasteiger partial charge is 0.360 e. The summed E-state index contributed by atoms with van der Waals surface area (Å²) in [6.07, 6.45) is 0. The second-order valence-corrected chi connectivity index (χ2v) is 10.2. The molecule has 7 nitrogen and oxygen atoms in total. The molecule has 0 atom stereocenters. The van der Waals surface area contributed by atoms with Gasteiger partial charge in [-0.15, -0.1) is 0 Å². The number of benzene rings is 2. The number of nitrogens with one attached hydrogen (secondary N) is 1. The monoisotopic (exact) mass is 505 g/mol. The van der Waals surface area contributed by atoms with E-state index in [9.17, 15) is 13.2 Å². The smallest absolute Gasteiger partial charge is 0.270 e. The first-order valence-corrected chi connectivity index (χ1v) is 11.9. The van der Waals surface area contributed by atoms with Crippen molar-refractivity contribution in [2.24, 2.45) is 0 Å². The first-order chi connectivity index (χ1) is 14.6. The fraction of sp³-hybridized carbons (Fsp3) is 0.273. The molecule has 3 rings (SSSR count). The molecule has 0 aliphatic carbocycles. The number of aryl methyl sites for hydroxylation is 2. The Kier molecular flexibility index (Phi) is 6.86. The number of rotatable bonds is 7. The van der Waals surface area contributed by atoms with Gasteiger partial charge in [0.1, 0.15) is 12.2 Å². The fourth-order valence-corrected chi connectivity index (χ4v) is 5.14. The molecule has 0 saturated carbocycles. The number of aromatic nitrogens is 1. The Morgan fingerprint density at radius 1 is 1.10 bits per heavy atom. The second kappa shape index (κ2) is 9.23. The van der Waals surface area contributed by atoms with Crippen molar-refractivity contribution in [3.8, 4) is 0 Å². The van der Waals surface area contributed by atoms with Crippen LogP contribution in [-0.2, 0) is 14.8 Å². The summed E-state index contributed by atoms with van der Waals surface area (Å²) in [5, 5.41) is 6.51. The van der Waals surface area contributed by atoms with Crippen molar-refractivity contribution in [1.29, 1.82) is 0 Å². The van der Waals surface area contributed by atoms with Gasteiger partial charge in [-0.05, 0) is 61.7 Å². The molecule has 0 radical (unpaired) electrons. The van der Waals surface area contributed by atoms with E-state index < -0.39 is 22.5 Å². The molecule has 164 valence electrons. The summed E-state index contributed by atoms with van der Waals surface area (Å²) in [6, 6.07) is 14.2. The lowest BCUT2D eigenvalue weighted by Gasteiger charge is -2.24. The molecule has 1 N–H and O–H groups in total. The van der Waals surface area contributed by atoms with Crippen LogP contribution in [0.4, 0.5) is 11.4 Å². The van der Waals surface area contributed by atoms with E-state index in [1.54, 1.807) is 43.3 Å². The molecule has 3 aromatic rings. The summed E-state index contributed by atoms with van der Waals surface area (Å²) in [4.78, 5) is 12.7. The van der Waals surface area contributed by atoms with E-state index in [4.69, 9.17) is 4.52 Å². The van der Waals surface area contributed by atoms with Crippen LogP contribution in [0.3, 0.4) is 0 Å². The first kappa shape index (κ1) is 23.0. The molecule has 31 heavy (non-hydrogen) atoms. The van der Waals surface area contributed by atoms with E-state index in [2.05, 4.69) is 40.3 Å². The van der Waals surface area contributed by atoms with Gasteiger partial charge in [0.2, 0.25) is 5.91 Å². The molecule has 1 aromatic heterocycles. The number of halogens is 1. The van der Waals surface area contributed by atoms with Gasteiger partial charge in [0.05, 0.1) is 5.69 Å². The van der Waals surface area contributed by atoms with Crippen LogP contribution in [-0.4, -0.2) is 26.0 Å². The highest BCUT2D eigenvalue weighted by Gasteiger charge is 2.33. The number of hydrogen-bond donors (Lipinski definition) is 1. The topological polar surface area (TPSA) is 92.5 Å². The van der Waals surface area contributed by atoms with Crippen LogP contribution in [0.5, 0.6) is 0 Å². The summed E-state index contributed by atoms with van der Waals surface area (Å²) in [7, 11) is -4.09. The Morgan fingerprint density at radius 2 is 1.71 bits per heavy atom. The number of hydrogen-bond acceptors (Lipinski definition) is 5. The van der Waals surface area contributed by atoms with Crippen LogP contribution in [0, 0.1) is 13.8 Å². The molecule has 0 spiro atoms.